The van der Waals surface area contributed by atoms with Crippen LogP contribution < -0.4 is 25.3 Å². The Morgan fingerprint density at radius 1 is 1.08 bits per heavy atom. The Labute approximate surface area is 154 Å². The van der Waals surface area contributed by atoms with E-state index in [9.17, 15) is 4.79 Å². The zero-order chi connectivity index (χ0) is 18.9. The lowest BCUT2D eigenvalue weighted by atomic mass is 10.0. The fraction of sp³-hybridized carbons (Fsp3) is 0.350. The summed E-state index contributed by atoms with van der Waals surface area (Å²) in [6.45, 7) is 1.94. The van der Waals surface area contributed by atoms with E-state index in [1.54, 1.807) is 44.6 Å². The van der Waals surface area contributed by atoms with E-state index < -0.39 is 0 Å². The van der Waals surface area contributed by atoms with Crippen LogP contribution in [0, 0.1) is 0 Å². The third-order valence-electron chi connectivity index (χ3n) is 3.98. The molecule has 0 aliphatic heterocycles. The highest BCUT2D eigenvalue weighted by molar-refractivity contribution is 5.91. The first-order valence-corrected chi connectivity index (χ1v) is 8.55. The average molecular weight is 358 g/mol. The molecule has 0 saturated heterocycles. The molecule has 0 aromatic heterocycles. The number of amides is 1. The lowest BCUT2D eigenvalue weighted by molar-refractivity contribution is -0.118. The van der Waals surface area contributed by atoms with Crippen molar-refractivity contribution in [2.24, 2.45) is 5.73 Å². The number of methoxy groups -OCH3 is 2. The van der Waals surface area contributed by atoms with Crippen molar-refractivity contribution in [3.63, 3.8) is 0 Å². The van der Waals surface area contributed by atoms with Crippen molar-refractivity contribution in [2.45, 2.75) is 25.8 Å². The van der Waals surface area contributed by atoms with Gasteiger partial charge in [0.2, 0.25) is 0 Å². The van der Waals surface area contributed by atoms with Crippen LogP contribution in [-0.2, 0) is 11.2 Å². The molecular formula is C20H26N2O4. The third kappa shape index (κ3) is 5.67. The summed E-state index contributed by atoms with van der Waals surface area (Å²) in [7, 11) is 3.17. The Balaban J connectivity index is 1.93. The fourth-order valence-corrected chi connectivity index (χ4v) is 2.42. The van der Waals surface area contributed by atoms with Gasteiger partial charge in [-0.1, -0.05) is 13.0 Å². The van der Waals surface area contributed by atoms with E-state index >= 15 is 0 Å². The Morgan fingerprint density at radius 3 is 2.42 bits per heavy atom. The number of nitrogens with one attached hydrogen (secondary N) is 1. The molecule has 3 N–H and O–H groups in total. The van der Waals surface area contributed by atoms with Crippen LogP contribution in [0.15, 0.2) is 42.5 Å². The minimum atomic E-state index is -0.255. The molecule has 0 aliphatic rings. The monoisotopic (exact) mass is 358 g/mol. The number of carbonyl (C=O) groups excluding carboxylic acids is 1. The van der Waals surface area contributed by atoms with Gasteiger partial charge in [0.05, 0.1) is 14.2 Å². The molecule has 26 heavy (non-hydrogen) atoms. The van der Waals surface area contributed by atoms with Gasteiger partial charge in [-0.05, 0) is 54.8 Å². The summed E-state index contributed by atoms with van der Waals surface area (Å²) in [4.78, 5) is 12.1. The number of anilines is 1. The van der Waals surface area contributed by atoms with Crippen LogP contribution in [0.2, 0.25) is 0 Å². The maximum Gasteiger partial charge on any atom is 0.262 e. The minimum Gasteiger partial charge on any atom is -0.497 e. The van der Waals surface area contributed by atoms with Crippen molar-refractivity contribution in [1.82, 2.24) is 0 Å². The standard InChI is InChI=1S/C20H26N2O4/c1-4-15(21)11-14-5-10-18(19(12-14)25-3)26-13-20(23)22-16-6-8-17(24-2)9-7-16/h5-10,12,15H,4,11,13,21H2,1-3H3,(H,22,23). The van der Waals surface area contributed by atoms with Crippen LogP contribution in [-0.4, -0.2) is 32.8 Å². The number of ether oxygens (including phenoxy) is 3. The van der Waals surface area contributed by atoms with Gasteiger partial charge in [0, 0.05) is 11.7 Å². The summed E-state index contributed by atoms with van der Waals surface area (Å²) in [5.41, 5.74) is 7.74. The van der Waals surface area contributed by atoms with Crippen molar-refractivity contribution in [3.05, 3.63) is 48.0 Å². The topological polar surface area (TPSA) is 82.8 Å². The Kier molecular flexibility index (Phi) is 7.29. The molecule has 2 aromatic carbocycles. The predicted molar refractivity (Wildman–Crippen MR) is 102 cm³/mol. The summed E-state index contributed by atoms with van der Waals surface area (Å²) < 4.78 is 16.1. The molecule has 0 spiro atoms. The second kappa shape index (κ2) is 9.68. The van der Waals surface area contributed by atoms with Crippen LogP contribution in [0.1, 0.15) is 18.9 Å². The maximum absolute atomic E-state index is 12.1. The third-order valence-corrected chi connectivity index (χ3v) is 3.98. The minimum absolute atomic E-state index is 0.113. The van der Waals surface area contributed by atoms with E-state index in [-0.39, 0.29) is 18.6 Å². The van der Waals surface area contributed by atoms with Crippen molar-refractivity contribution >= 4 is 11.6 Å². The highest BCUT2D eigenvalue weighted by Crippen LogP contribution is 2.28. The Morgan fingerprint density at radius 2 is 1.81 bits per heavy atom. The molecular weight excluding hydrogens is 332 g/mol. The molecule has 0 bridgehead atoms. The maximum atomic E-state index is 12.1. The van der Waals surface area contributed by atoms with E-state index in [2.05, 4.69) is 12.2 Å². The molecule has 0 saturated carbocycles. The Hall–Kier alpha value is -2.73. The van der Waals surface area contributed by atoms with Gasteiger partial charge in [0.25, 0.3) is 5.91 Å². The van der Waals surface area contributed by atoms with Crippen LogP contribution >= 0.6 is 0 Å². The predicted octanol–water partition coefficient (Wildman–Crippen LogP) is 3.00. The molecule has 1 amide bonds. The summed E-state index contributed by atoms with van der Waals surface area (Å²) in [5.74, 6) is 1.58. The lowest BCUT2D eigenvalue weighted by Gasteiger charge is -2.14. The molecule has 2 rings (SSSR count). The van der Waals surface area contributed by atoms with Gasteiger partial charge >= 0.3 is 0 Å². The summed E-state index contributed by atoms with van der Waals surface area (Å²) in [6, 6.07) is 12.8. The zero-order valence-corrected chi connectivity index (χ0v) is 15.5. The summed E-state index contributed by atoms with van der Waals surface area (Å²) >= 11 is 0. The normalized spacial score (nSPS) is 11.5. The second-order valence-corrected chi connectivity index (χ2v) is 5.92. The number of nitrogens with two attached hydrogens (primary N) is 1. The molecule has 0 aliphatic carbocycles. The van der Waals surface area contributed by atoms with Crippen LogP contribution in [0.4, 0.5) is 5.69 Å². The summed E-state index contributed by atoms with van der Waals surface area (Å²) in [5, 5.41) is 2.77. The molecule has 0 heterocycles. The van der Waals surface area contributed by atoms with Crippen LogP contribution in [0.25, 0.3) is 0 Å². The molecule has 6 nitrogen and oxygen atoms in total. The zero-order valence-electron chi connectivity index (χ0n) is 15.5. The van der Waals surface area contributed by atoms with E-state index in [0.717, 1.165) is 24.2 Å². The number of hydrogen-bond donors (Lipinski definition) is 2. The van der Waals surface area contributed by atoms with Gasteiger partial charge in [-0.2, -0.15) is 0 Å². The molecule has 2 aromatic rings. The highest BCUT2D eigenvalue weighted by Gasteiger charge is 2.10. The quantitative estimate of drug-likeness (QED) is 0.720. The van der Waals surface area contributed by atoms with Crippen molar-refractivity contribution in [3.8, 4) is 17.2 Å². The van der Waals surface area contributed by atoms with E-state index in [1.165, 1.54) is 0 Å². The smallest absolute Gasteiger partial charge is 0.262 e. The number of benzene rings is 2. The molecule has 0 fully saturated rings. The van der Waals surface area contributed by atoms with Crippen LogP contribution in [0.3, 0.4) is 0 Å². The van der Waals surface area contributed by atoms with Crippen molar-refractivity contribution in [1.29, 1.82) is 0 Å². The van der Waals surface area contributed by atoms with Gasteiger partial charge in [0.15, 0.2) is 18.1 Å². The number of carbonyl (C=O) groups is 1. The fourth-order valence-electron chi connectivity index (χ4n) is 2.42. The molecule has 1 atom stereocenters. The second-order valence-electron chi connectivity index (χ2n) is 5.92. The average Bonchev–Trinajstić information content (AvgIpc) is 2.67. The summed E-state index contributed by atoms with van der Waals surface area (Å²) in [6.07, 6.45) is 1.68. The first kappa shape index (κ1) is 19.6. The van der Waals surface area contributed by atoms with Gasteiger partial charge in [-0.15, -0.1) is 0 Å². The first-order chi connectivity index (χ1) is 12.5. The van der Waals surface area contributed by atoms with Gasteiger partial charge in [-0.3, -0.25) is 4.79 Å². The largest absolute Gasteiger partial charge is 0.497 e. The van der Waals surface area contributed by atoms with E-state index in [1.807, 2.05) is 12.1 Å². The molecule has 6 heteroatoms. The number of hydrogen-bond acceptors (Lipinski definition) is 5. The lowest BCUT2D eigenvalue weighted by Crippen LogP contribution is -2.21. The number of rotatable bonds is 9. The highest BCUT2D eigenvalue weighted by atomic mass is 16.5. The van der Waals surface area contributed by atoms with Gasteiger partial charge in [-0.25, -0.2) is 0 Å². The van der Waals surface area contributed by atoms with Crippen LogP contribution in [0.5, 0.6) is 17.2 Å². The van der Waals surface area contributed by atoms with Gasteiger partial charge in [0.1, 0.15) is 5.75 Å². The van der Waals surface area contributed by atoms with Gasteiger partial charge < -0.3 is 25.3 Å². The van der Waals surface area contributed by atoms with Crippen molar-refractivity contribution < 1.29 is 19.0 Å². The molecule has 1 unspecified atom stereocenters. The van der Waals surface area contributed by atoms with E-state index in [0.29, 0.717) is 17.2 Å². The first-order valence-electron chi connectivity index (χ1n) is 8.55. The Bertz CT molecular complexity index is 716. The molecule has 0 radical (unpaired) electrons. The van der Waals surface area contributed by atoms with E-state index in [4.69, 9.17) is 19.9 Å². The van der Waals surface area contributed by atoms with Crippen molar-refractivity contribution in [2.75, 3.05) is 26.1 Å². The molecule has 140 valence electrons. The SMILES string of the molecule is CCC(N)Cc1ccc(OCC(=O)Nc2ccc(OC)cc2)c(OC)c1.